The number of amides is 2. The van der Waals surface area contributed by atoms with Crippen molar-refractivity contribution in [2.45, 2.75) is 45.6 Å². The predicted molar refractivity (Wildman–Crippen MR) is 117 cm³/mol. The van der Waals surface area contributed by atoms with Crippen LogP contribution in [0.3, 0.4) is 0 Å². The molecule has 0 bridgehead atoms. The van der Waals surface area contributed by atoms with Crippen molar-refractivity contribution >= 4 is 17.8 Å². The monoisotopic (exact) mass is 416 g/mol. The summed E-state index contributed by atoms with van der Waals surface area (Å²) in [6.45, 7) is 9.49. The van der Waals surface area contributed by atoms with E-state index in [0.29, 0.717) is 13.1 Å². The van der Waals surface area contributed by atoms with Crippen LogP contribution >= 0.6 is 0 Å². The van der Waals surface area contributed by atoms with Crippen LogP contribution in [0.5, 0.6) is 0 Å². The highest BCUT2D eigenvalue weighted by Gasteiger charge is 2.33. The zero-order valence-corrected chi connectivity index (χ0v) is 18.7. The molecule has 2 fully saturated rings. The van der Waals surface area contributed by atoms with Crippen LogP contribution in [0.15, 0.2) is 18.5 Å². The van der Waals surface area contributed by atoms with Gasteiger partial charge in [0.25, 0.3) is 0 Å². The molecule has 8 nitrogen and oxygen atoms in total. The largest absolute Gasteiger partial charge is 0.346 e. The molecule has 2 amide bonds. The SMILES string of the molecule is CCCCN(C)C(=O)C1CCN(C(C)C(=O)N2CCN(c3ncccn3)CC2)CC1. The van der Waals surface area contributed by atoms with Gasteiger partial charge in [-0.2, -0.15) is 0 Å². The number of nitrogens with zero attached hydrogens (tertiary/aromatic N) is 6. The fourth-order valence-electron chi connectivity index (χ4n) is 4.35. The van der Waals surface area contributed by atoms with Gasteiger partial charge in [0.15, 0.2) is 0 Å². The summed E-state index contributed by atoms with van der Waals surface area (Å²) in [5.41, 5.74) is 0. The summed E-state index contributed by atoms with van der Waals surface area (Å²) in [7, 11) is 1.91. The molecule has 1 aromatic rings. The van der Waals surface area contributed by atoms with Gasteiger partial charge >= 0.3 is 0 Å². The van der Waals surface area contributed by atoms with Crippen molar-refractivity contribution in [1.29, 1.82) is 0 Å². The molecule has 1 aromatic heterocycles. The second-order valence-electron chi connectivity index (χ2n) is 8.46. The number of carbonyl (C=O) groups is 2. The molecule has 1 atom stereocenters. The highest BCUT2D eigenvalue weighted by atomic mass is 16.2. The highest BCUT2D eigenvalue weighted by Crippen LogP contribution is 2.22. The molecule has 2 aliphatic heterocycles. The molecular formula is C22H36N6O2. The van der Waals surface area contributed by atoms with E-state index < -0.39 is 0 Å². The molecule has 3 heterocycles. The first-order valence-electron chi connectivity index (χ1n) is 11.3. The number of rotatable bonds is 7. The standard InChI is InChI=1S/C22H36N6O2/c1-4-5-11-25(3)21(30)19-7-12-26(13-8-19)18(2)20(29)27-14-16-28(17-15-27)22-23-9-6-10-24-22/h6,9-10,18-19H,4-5,7-8,11-17H2,1-3H3. The van der Waals surface area contributed by atoms with Crippen LogP contribution in [0.25, 0.3) is 0 Å². The third-order valence-corrected chi connectivity index (χ3v) is 6.43. The van der Waals surface area contributed by atoms with Crippen LogP contribution in [-0.4, -0.2) is 95.4 Å². The van der Waals surface area contributed by atoms with Crippen molar-refractivity contribution < 1.29 is 9.59 Å². The number of aromatic nitrogens is 2. The number of likely N-dealkylation sites (tertiary alicyclic amines) is 1. The number of piperazine rings is 1. The first-order chi connectivity index (χ1) is 14.5. The Kier molecular flexibility index (Phi) is 8.01. The third-order valence-electron chi connectivity index (χ3n) is 6.43. The van der Waals surface area contributed by atoms with Crippen LogP contribution in [-0.2, 0) is 9.59 Å². The lowest BCUT2D eigenvalue weighted by Crippen LogP contribution is -2.55. The summed E-state index contributed by atoms with van der Waals surface area (Å²) in [6, 6.07) is 1.67. The number of hydrogen-bond acceptors (Lipinski definition) is 6. The number of unbranched alkanes of at least 4 members (excludes halogenated alkanes) is 1. The number of hydrogen-bond donors (Lipinski definition) is 0. The molecule has 1 unspecified atom stereocenters. The number of carbonyl (C=O) groups excluding carboxylic acids is 2. The van der Waals surface area contributed by atoms with Crippen molar-refractivity contribution in [3.8, 4) is 0 Å². The topological polar surface area (TPSA) is 72.9 Å². The maximum atomic E-state index is 13.0. The first kappa shape index (κ1) is 22.5. The van der Waals surface area contributed by atoms with Crippen molar-refractivity contribution in [1.82, 2.24) is 24.7 Å². The molecule has 0 N–H and O–H groups in total. The van der Waals surface area contributed by atoms with E-state index >= 15 is 0 Å². The molecule has 3 rings (SSSR count). The summed E-state index contributed by atoms with van der Waals surface area (Å²) in [5, 5.41) is 0. The predicted octanol–water partition coefficient (Wildman–Crippen LogP) is 1.48. The molecule has 0 saturated carbocycles. The Bertz CT molecular complexity index is 684. The lowest BCUT2D eigenvalue weighted by Gasteiger charge is -2.40. The Morgan fingerprint density at radius 2 is 1.73 bits per heavy atom. The maximum absolute atomic E-state index is 13.0. The van der Waals surface area contributed by atoms with Crippen molar-refractivity contribution in [3.63, 3.8) is 0 Å². The summed E-state index contributed by atoms with van der Waals surface area (Å²) in [5.74, 6) is 1.28. The fraction of sp³-hybridized carbons (Fsp3) is 0.727. The Balaban J connectivity index is 1.44. The Hall–Kier alpha value is -2.22. The normalized spacial score (nSPS) is 19.6. The number of anilines is 1. The van der Waals surface area contributed by atoms with E-state index in [0.717, 1.165) is 64.4 Å². The van der Waals surface area contributed by atoms with Gasteiger partial charge in [0.05, 0.1) is 6.04 Å². The zero-order valence-electron chi connectivity index (χ0n) is 18.7. The van der Waals surface area contributed by atoms with Gasteiger partial charge in [0, 0.05) is 58.1 Å². The molecule has 2 saturated heterocycles. The fourth-order valence-corrected chi connectivity index (χ4v) is 4.35. The smallest absolute Gasteiger partial charge is 0.239 e. The molecule has 0 spiro atoms. The second kappa shape index (κ2) is 10.7. The van der Waals surface area contributed by atoms with E-state index in [9.17, 15) is 9.59 Å². The van der Waals surface area contributed by atoms with E-state index in [1.807, 2.05) is 29.8 Å². The molecule has 0 aromatic carbocycles. The summed E-state index contributed by atoms with van der Waals surface area (Å²) in [6.07, 6.45) is 7.33. The minimum atomic E-state index is -0.140. The van der Waals surface area contributed by atoms with Gasteiger partial charge in [-0.15, -0.1) is 0 Å². The quantitative estimate of drug-likeness (QED) is 0.671. The second-order valence-corrected chi connectivity index (χ2v) is 8.46. The Labute approximate surface area is 180 Å². The van der Waals surface area contributed by atoms with Gasteiger partial charge in [-0.1, -0.05) is 13.3 Å². The molecule has 166 valence electrons. The van der Waals surface area contributed by atoms with Gasteiger partial charge in [0.1, 0.15) is 0 Å². The van der Waals surface area contributed by atoms with Gasteiger partial charge in [-0.05, 0) is 45.3 Å². The summed E-state index contributed by atoms with van der Waals surface area (Å²) < 4.78 is 0. The van der Waals surface area contributed by atoms with Crippen molar-refractivity contribution in [2.24, 2.45) is 5.92 Å². The summed E-state index contributed by atoms with van der Waals surface area (Å²) in [4.78, 5) is 42.5. The van der Waals surface area contributed by atoms with Crippen LogP contribution in [0.4, 0.5) is 5.95 Å². The van der Waals surface area contributed by atoms with E-state index in [1.54, 1.807) is 12.4 Å². The van der Waals surface area contributed by atoms with Crippen LogP contribution in [0.1, 0.15) is 39.5 Å². The molecular weight excluding hydrogens is 380 g/mol. The van der Waals surface area contributed by atoms with Crippen molar-refractivity contribution in [3.05, 3.63) is 18.5 Å². The van der Waals surface area contributed by atoms with E-state index in [-0.39, 0.29) is 23.8 Å². The zero-order chi connectivity index (χ0) is 21.5. The highest BCUT2D eigenvalue weighted by molar-refractivity contribution is 5.82. The van der Waals surface area contributed by atoms with E-state index in [1.165, 1.54) is 0 Å². The third kappa shape index (κ3) is 5.47. The lowest BCUT2D eigenvalue weighted by molar-refractivity contribution is -0.139. The minimum absolute atomic E-state index is 0.0971. The molecule has 2 aliphatic rings. The first-order valence-corrected chi connectivity index (χ1v) is 11.3. The van der Waals surface area contributed by atoms with E-state index in [2.05, 4.69) is 26.7 Å². The Morgan fingerprint density at radius 3 is 2.33 bits per heavy atom. The molecule has 8 heteroatoms. The van der Waals surface area contributed by atoms with Gasteiger partial charge in [0.2, 0.25) is 17.8 Å². The molecule has 30 heavy (non-hydrogen) atoms. The number of piperidine rings is 1. The summed E-state index contributed by atoms with van der Waals surface area (Å²) >= 11 is 0. The molecule has 0 radical (unpaired) electrons. The van der Waals surface area contributed by atoms with E-state index in [4.69, 9.17) is 0 Å². The lowest BCUT2D eigenvalue weighted by atomic mass is 9.94. The average molecular weight is 417 g/mol. The Morgan fingerprint density at radius 1 is 1.10 bits per heavy atom. The van der Waals surface area contributed by atoms with Gasteiger partial charge in [-0.25, -0.2) is 9.97 Å². The van der Waals surface area contributed by atoms with Gasteiger partial charge < -0.3 is 14.7 Å². The van der Waals surface area contributed by atoms with Crippen molar-refractivity contribution in [2.75, 3.05) is 57.8 Å². The maximum Gasteiger partial charge on any atom is 0.239 e. The van der Waals surface area contributed by atoms with Gasteiger partial charge in [-0.3, -0.25) is 14.5 Å². The minimum Gasteiger partial charge on any atom is -0.346 e. The van der Waals surface area contributed by atoms with Crippen LogP contribution < -0.4 is 4.90 Å². The average Bonchev–Trinajstić information content (AvgIpc) is 2.82. The van der Waals surface area contributed by atoms with Crippen LogP contribution in [0, 0.1) is 5.92 Å². The molecule has 0 aliphatic carbocycles. The van der Waals surface area contributed by atoms with Crippen LogP contribution in [0.2, 0.25) is 0 Å².